The van der Waals surface area contributed by atoms with Gasteiger partial charge in [0.1, 0.15) is 40.6 Å². The lowest BCUT2D eigenvalue weighted by molar-refractivity contribution is -0.132. The molecular formula is C25H23NO8. The fourth-order valence-corrected chi connectivity index (χ4v) is 3.89. The third kappa shape index (κ3) is 3.81. The molecule has 1 unspecified atom stereocenters. The molecule has 34 heavy (non-hydrogen) atoms. The molecule has 1 amide bonds. The normalized spacial score (nSPS) is 17.1. The van der Waals surface area contributed by atoms with E-state index in [0.29, 0.717) is 22.9 Å². The molecule has 0 aliphatic carbocycles. The van der Waals surface area contributed by atoms with Gasteiger partial charge in [-0.1, -0.05) is 0 Å². The SMILES string of the molecule is COc1cc(OC)cc(N2C(=O)C(=O)/C(=C(\O)c3ccc(OC)cc3OC)C2c2ccco2)c1. The van der Waals surface area contributed by atoms with Crippen LogP contribution in [0.15, 0.2) is 64.8 Å². The highest BCUT2D eigenvalue weighted by Crippen LogP contribution is 2.45. The standard InChI is InChI=1S/C25H23NO8/c1-30-15-7-8-18(20(13-15)33-4)23(27)21-22(19-6-5-9-34-19)26(25(29)24(21)28)14-10-16(31-2)12-17(11-14)32-3/h5-13,22,27H,1-4H3/b23-21-. The van der Waals surface area contributed by atoms with Crippen molar-refractivity contribution in [2.24, 2.45) is 0 Å². The van der Waals surface area contributed by atoms with Crippen LogP contribution in [0.5, 0.6) is 23.0 Å². The highest BCUT2D eigenvalue weighted by molar-refractivity contribution is 6.51. The van der Waals surface area contributed by atoms with E-state index in [9.17, 15) is 14.7 Å². The molecule has 1 aliphatic heterocycles. The predicted octanol–water partition coefficient (Wildman–Crippen LogP) is 3.94. The molecule has 1 aromatic heterocycles. The van der Waals surface area contributed by atoms with Gasteiger partial charge in [-0.15, -0.1) is 0 Å². The Morgan fingerprint density at radius 2 is 1.56 bits per heavy atom. The van der Waals surface area contributed by atoms with Crippen LogP contribution in [0, 0.1) is 0 Å². The van der Waals surface area contributed by atoms with Gasteiger partial charge in [0, 0.05) is 24.3 Å². The number of Topliss-reactive ketones (excluding diaryl/α,β-unsaturated/α-hetero) is 1. The van der Waals surface area contributed by atoms with Gasteiger partial charge in [0.25, 0.3) is 11.7 Å². The van der Waals surface area contributed by atoms with Gasteiger partial charge >= 0.3 is 0 Å². The molecule has 1 aliphatic rings. The Morgan fingerprint density at radius 1 is 0.882 bits per heavy atom. The summed E-state index contributed by atoms with van der Waals surface area (Å²) in [6, 6.07) is 11.8. The zero-order valence-electron chi connectivity index (χ0n) is 19.0. The lowest BCUT2D eigenvalue weighted by atomic mass is 9.98. The van der Waals surface area contributed by atoms with Crippen LogP contribution in [0.25, 0.3) is 5.76 Å². The van der Waals surface area contributed by atoms with Crippen molar-refractivity contribution in [3.8, 4) is 23.0 Å². The van der Waals surface area contributed by atoms with E-state index in [0.717, 1.165) is 0 Å². The number of anilines is 1. The van der Waals surface area contributed by atoms with Gasteiger partial charge in [0.05, 0.1) is 51.5 Å². The highest BCUT2D eigenvalue weighted by Gasteiger charge is 2.48. The van der Waals surface area contributed by atoms with E-state index in [4.69, 9.17) is 23.4 Å². The van der Waals surface area contributed by atoms with Crippen molar-refractivity contribution in [3.63, 3.8) is 0 Å². The van der Waals surface area contributed by atoms with Crippen LogP contribution in [0.4, 0.5) is 5.69 Å². The summed E-state index contributed by atoms with van der Waals surface area (Å²) in [4.78, 5) is 27.8. The fraction of sp³-hybridized carbons (Fsp3) is 0.200. The first kappa shape index (κ1) is 22.8. The number of amides is 1. The summed E-state index contributed by atoms with van der Waals surface area (Å²) in [5, 5.41) is 11.3. The molecule has 2 heterocycles. The van der Waals surface area contributed by atoms with Crippen LogP contribution in [0.3, 0.4) is 0 Å². The largest absolute Gasteiger partial charge is 0.507 e. The number of hydrogen-bond acceptors (Lipinski definition) is 8. The summed E-state index contributed by atoms with van der Waals surface area (Å²) in [7, 11) is 5.88. The quantitative estimate of drug-likeness (QED) is 0.318. The van der Waals surface area contributed by atoms with E-state index < -0.39 is 23.5 Å². The summed E-state index contributed by atoms with van der Waals surface area (Å²) in [5.41, 5.74) is 0.409. The lowest BCUT2D eigenvalue weighted by Crippen LogP contribution is -2.29. The summed E-state index contributed by atoms with van der Waals surface area (Å²) in [5.74, 6) is -0.224. The molecule has 9 heteroatoms. The van der Waals surface area contributed by atoms with E-state index >= 15 is 0 Å². The number of carbonyl (C=O) groups is 2. The maximum Gasteiger partial charge on any atom is 0.300 e. The molecule has 9 nitrogen and oxygen atoms in total. The Balaban J connectivity index is 1.95. The first-order valence-corrected chi connectivity index (χ1v) is 10.2. The molecule has 1 atom stereocenters. The Labute approximate surface area is 195 Å². The Bertz CT molecular complexity index is 1240. The maximum atomic E-state index is 13.3. The van der Waals surface area contributed by atoms with Crippen molar-refractivity contribution in [2.45, 2.75) is 6.04 Å². The number of ether oxygens (including phenoxy) is 4. The number of aliphatic hydroxyl groups excluding tert-OH is 1. The first-order valence-electron chi connectivity index (χ1n) is 10.2. The lowest BCUT2D eigenvalue weighted by Gasteiger charge is -2.24. The monoisotopic (exact) mass is 465 g/mol. The number of nitrogens with zero attached hydrogens (tertiary/aromatic N) is 1. The number of furan rings is 1. The van der Waals surface area contributed by atoms with Gasteiger partial charge in [-0.05, 0) is 24.3 Å². The molecule has 1 fully saturated rings. The predicted molar refractivity (Wildman–Crippen MR) is 123 cm³/mol. The van der Waals surface area contributed by atoms with E-state index in [1.807, 2.05) is 0 Å². The van der Waals surface area contributed by atoms with Crippen LogP contribution in [0.2, 0.25) is 0 Å². The van der Waals surface area contributed by atoms with Crippen LogP contribution >= 0.6 is 0 Å². The summed E-state index contributed by atoms with van der Waals surface area (Å²) in [6.07, 6.45) is 1.43. The molecule has 2 aromatic carbocycles. The molecule has 0 saturated carbocycles. The molecule has 4 rings (SSSR count). The number of methoxy groups -OCH3 is 4. The van der Waals surface area contributed by atoms with Crippen molar-refractivity contribution in [2.75, 3.05) is 33.3 Å². The van der Waals surface area contributed by atoms with E-state index in [1.165, 1.54) is 39.6 Å². The summed E-state index contributed by atoms with van der Waals surface area (Å²) in [6.45, 7) is 0. The second-order valence-electron chi connectivity index (χ2n) is 7.32. The van der Waals surface area contributed by atoms with Crippen molar-refractivity contribution < 1.29 is 38.1 Å². The summed E-state index contributed by atoms with van der Waals surface area (Å²) >= 11 is 0. The van der Waals surface area contributed by atoms with Crippen LogP contribution < -0.4 is 23.8 Å². The van der Waals surface area contributed by atoms with Crippen LogP contribution in [0.1, 0.15) is 17.4 Å². The van der Waals surface area contributed by atoms with Gasteiger partial charge in [0.2, 0.25) is 0 Å². The Hall–Kier alpha value is -4.40. The van der Waals surface area contributed by atoms with Crippen molar-refractivity contribution in [1.82, 2.24) is 0 Å². The maximum absolute atomic E-state index is 13.3. The summed E-state index contributed by atoms with van der Waals surface area (Å²) < 4.78 is 26.8. The second kappa shape index (κ2) is 9.22. The zero-order valence-corrected chi connectivity index (χ0v) is 19.0. The Kier molecular flexibility index (Phi) is 6.18. The topological polar surface area (TPSA) is 108 Å². The fourth-order valence-electron chi connectivity index (χ4n) is 3.89. The molecule has 1 N–H and O–H groups in total. The van der Waals surface area contributed by atoms with E-state index in [-0.39, 0.29) is 22.6 Å². The highest BCUT2D eigenvalue weighted by atomic mass is 16.5. The van der Waals surface area contributed by atoms with E-state index in [2.05, 4.69) is 0 Å². The average Bonchev–Trinajstić information content (AvgIpc) is 3.49. The van der Waals surface area contributed by atoms with Gasteiger partial charge in [0.15, 0.2) is 0 Å². The average molecular weight is 465 g/mol. The molecular weight excluding hydrogens is 442 g/mol. The molecule has 0 bridgehead atoms. The molecule has 3 aromatic rings. The number of ketones is 1. The second-order valence-corrected chi connectivity index (χ2v) is 7.32. The van der Waals surface area contributed by atoms with Crippen molar-refractivity contribution >= 4 is 23.1 Å². The third-order valence-electron chi connectivity index (χ3n) is 5.54. The third-order valence-corrected chi connectivity index (χ3v) is 5.54. The number of hydrogen-bond donors (Lipinski definition) is 1. The Morgan fingerprint density at radius 3 is 2.12 bits per heavy atom. The number of rotatable bonds is 7. The zero-order chi connectivity index (χ0) is 24.4. The molecule has 0 radical (unpaired) electrons. The molecule has 0 spiro atoms. The van der Waals surface area contributed by atoms with E-state index in [1.54, 1.807) is 48.5 Å². The van der Waals surface area contributed by atoms with Crippen LogP contribution in [-0.4, -0.2) is 45.2 Å². The number of aliphatic hydroxyl groups is 1. The van der Waals surface area contributed by atoms with Crippen molar-refractivity contribution in [3.05, 3.63) is 71.7 Å². The minimum absolute atomic E-state index is 0.148. The van der Waals surface area contributed by atoms with Gasteiger partial charge in [-0.2, -0.15) is 0 Å². The van der Waals surface area contributed by atoms with Gasteiger partial charge in [-0.25, -0.2) is 0 Å². The smallest absolute Gasteiger partial charge is 0.300 e. The van der Waals surface area contributed by atoms with Gasteiger partial charge < -0.3 is 28.5 Å². The minimum atomic E-state index is -1.04. The number of carbonyl (C=O) groups excluding carboxylic acids is 2. The van der Waals surface area contributed by atoms with Gasteiger partial charge in [-0.3, -0.25) is 14.5 Å². The van der Waals surface area contributed by atoms with Crippen molar-refractivity contribution in [1.29, 1.82) is 0 Å². The minimum Gasteiger partial charge on any atom is -0.507 e. The van der Waals surface area contributed by atoms with Crippen LogP contribution in [-0.2, 0) is 9.59 Å². The number of benzene rings is 2. The molecule has 1 saturated heterocycles. The molecule has 176 valence electrons. The first-order chi connectivity index (χ1) is 16.4.